The van der Waals surface area contributed by atoms with Crippen LogP contribution in [0, 0.1) is 0 Å². The third kappa shape index (κ3) is 3.52. The predicted molar refractivity (Wildman–Crippen MR) is 103 cm³/mol. The summed E-state index contributed by atoms with van der Waals surface area (Å²) in [6.45, 7) is 2.01. The van der Waals surface area contributed by atoms with Gasteiger partial charge in [-0.2, -0.15) is 0 Å². The van der Waals surface area contributed by atoms with Gasteiger partial charge in [-0.15, -0.1) is 0 Å². The maximum atomic E-state index is 11.9. The van der Waals surface area contributed by atoms with Crippen LogP contribution < -0.4 is 5.32 Å². The van der Waals surface area contributed by atoms with E-state index in [0.717, 1.165) is 21.8 Å². The van der Waals surface area contributed by atoms with Crippen molar-refractivity contribution in [3.05, 3.63) is 75.8 Å². The number of carboxylic acids is 1. The molecule has 0 saturated carbocycles. The van der Waals surface area contributed by atoms with Gasteiger partial charge >= 0.3 is 5.97 Å². The van der Waals surface area contributed by atoms with Crippen molar-refractivity contribution in [2.45, 2.75) is 19.6 Å². The van der Waals surface area contributed by atoms with E-state index in [1.54, 1.807) is 12.1 Å². The molecule has 25 heavy (non-hydrogen) atoms. The molecule has 3 rings (SSSR count). The van der Waals surface area contributed by atoms with Crippen LogP contribution in [0.2, 0.25) is 0 Å². The standard InChI is InChI=1S/C20H18BrNO3/c1-2-12-11-17(19(23)22-14-9-7-13(21)8-10-14)18(20(24)25)16-6-4-3-5-15(12)16/h3-11,19,22-23H,2H2,1H3,(H,24,25). The van der Waals surface area contributed by atoms with Gasteiger partial charge in [0.1, 0.15) is 0 Å². The largest absolute Gasteiger partial charge is 0.478 e. The van der Waals surface area contributed by atoms with Gasteiger partial charge < -0.3 is 15.5 Å². The van der Waals surface area contributed by atoms with E-state index >= 15 is 0 Å². The highest BCUT2D eigenvalue weighted by Crippen LogP contribution is 2.31. The SMILES string of the molecule is CCc1cc(C(O)Nc2ccc(Br)cc2)c(C(=O)O)c2ccccc12. The molecule has 5 heteroatoms. The van der Waals surface area contributed by atoms with Crippen LogP contribution in [0.25, 0.3) is 10.8 Å². The minimum Gasteiger partial charge on any atom is -0.478 e. The molecule has 3 aromatic rings. The molecule has 4 nitrogen and oxygen atoms in total. The summed E-state index contributed by atoms with van der Waals surface area (Å²) in [5.74, 6) is -1.05. The van der Waals surface area contributed by atoms with E-state index in [9.17, 15) is 15.0 Å². The van der Waals surface area contributed by atoms with Gasteiger partial charge in [-0.3, -0.25) is 0 Å². The van der Waals surface area contributed by atoms with Crippen LogP contribution in [-0.2, 0) is 6.42 Å². The maximum Gasteiger partial charge on any atom is 0.336 e. The van der Waals surface area contributed by atoms with Crippen molar-refractivity contribution in [1.82, 2.24) is 0 Å². The lowest BCUT2D eigenvalue weighted by Gasteiger charge is -2.20. The summed E-state index contributed by atoms with van der Waals surface area (Å²) < 4.78 is 0.928. The van der Waals surface area contributed by atoms with Crippen molar-refractivity contribution in [3.63, 3.8) is 0 Å². The van der Waals surface area contributed by atoms with E-state index in [0.29, 0.717) is 16.6 Å². The molecule has 0 aliphatic rings. The highest BCUT2D eigenvalue weighted by atomic mass is 79.9. The normalized spacial score (nSPS) is 12.1. The minimum atomic E-state index is -1.12. The zero-order chi connectivity index (χ0) is 18.0. The van der Waals surface area contributed by atoms with Crippen molar-refractivity contribution in [2.75, 3.05) is 5.32 Å². The van der Waals surface area contributed by atoms with Crippen LogP contribution in [0.15, 0.2) is 59.1 Å². The number of benzene rings is 3. The number of aliphatic hydroxyl groups is 1. The molecule has 0 aliphatic heterocycles. The number of anilines is 1. The highest BCUT2D eigenvalue weighted by molar-refractivity contribution is 9.10. The number of rotatable bonds is 5. The summed E-state index contributed by atoms with van der Waals surface area (Å²) in [4.78, 5) is 11.9. The van der Waals surface area contributed by atoms with Crippen LogP contribution >= 0.6 is 15.9 Å². The van der Waals surface area contributed by atoms with E-state index in [4.69, 9.17) is 0 Å². The highest BCUT2D eigenvalue weighted by Gasteiger charge is 2.21. The van der Waals surface area contributed by atoms with Gasteiger partial charge in [0, 0.05) is 15.7 Å². The molecule has 0 heterocycles. The van der Waals surface area contributed by atoms with Crippen molar-refractivity contribution in [1.29, 1.82) is 0 Å². The van der Waals surface area contributed by atoms with Crippen LogP contribution in [0.5, 0.6) is 0 Å². The summed E-state index contributed by atoms with van der Waals surface area (Å²) >= 11 is 3.37. The first-order valence-corrected chi connectivity index (χ1v) is 8.78. The zero-order valence-electron chi connectivity index (χ0n) is 13.7. The Labute approximate surface area is 154 Å². The van der Waals surface area contributed by atoms with Gasteiger partial charge in [0.2, 0.25) is 0 Å². The molecule has 0 fully saturated rings. The lowest BCUT2D eigenvalue weighted by Crippen LogP contribution is -2.15. The number of carbonyl (C=O) groups is 1. The van der Waals surface area contributed by atoms with Crippen molar-refractivity contribution >= 4 is 38.4 Å². The van der Waals surface area contributed by atoms with Crippen LogP contribution in [0.3, 0.4) is 0 Å². The molecular formula is C20H18BrNO3. The Morgan fingerprint density at radius 3 is 2.36 bits per heavy atom. The summed E-state index contributed by atoms with van der Waals surface area (Å²) in [6.07, 6.45) is -0.375. The van der Waals surface area contributed by atoms with Crippen molar-refractivity contribution < 1.29 is 15.0 Å². The molecule has 0 amide bonds. The van der Waals surface area contributed by atoms with E-state index in [-0.39, 0.29) is 5.56 Å². The van der Waals surface area contributed by atoms with E-state index in [1.807, 2.05) is 49.4 Å². The molecule has 3 N–H and O–H groups in total. The first-order chi connectivity index (χ1) is 12.0. The summed E-state index contributed by atoms with van der Waals surface area (Å²) in [5.41, 5.74) is 2.21. The Kier molecular flexibility index (Phi) is 5.06. The minimum absolute atomic E-state index is 0.130. The maximum absolute atomic E-state index is 11.9. The van der Waals surface area contributed by atoms with Crippen molar-refractivity contribution in [3.8, 4) is 0 Å². The average Bonchev–Trinajstić information content (AvgIpc) is 2.61. The Bertz CT molecular complexity index is 922. The topological polar surface area (TPSA) is 69.6 Å². The quantitative estimate of drug-likeness (QED) is 0.529. The zero-order valence-corrected chi connectivity index (χ0v) is 15.2. The van der Waals surface area contributed by atoms with E-state index in [1.165, 1.54) is 0 Å². The van der Waals surface area contributed by atoms with E-state index < -0.39 is 12.2 Å². The summed E-state index contributed by atoms with van der Waals surface area (Å²) in [6, 6.07) is 16.5. The van der Waals surface area contributed by atoms with Crippen molar-refractivity contribution in [2.24, 2.45) is 0 Å². The second-order valence-corrected chi connectivity index (χ2v) is 6.67. The summed E-state index contributed by atoms with van der Waals surface area (Å²) in [7, 11) is 0. The molecule has 0 aromatic heterocycles. The number of hydrogen-bond donors (Lipinski definition) is 3. The fourth-order valence-electron chi connectivity index (χ4n) is 3.00. The fraction of sp³-hybridized carbons (Fsp3) is 0.150. The molecular weight excluding hydrogens is 382 g/mol. The summed E-state index contributed by atoms with van der Waals surface area (Å²) in [5, 5.41) is 24.9. The number of carboxylic acid groups (broad SMARTS) is 1. The number of hydrogen-bond acceptors (Lipinski definition) is 3. The molecule has 0 bridgehead atoms. The third-order valence-electron chi connectivity index (χ3n) is 4.20. The van der Waals surface area contributed by atoms with Gasteiger partial charge in [0.05, 0.1) is 5.56 Å². The second-order valence-electron chi connectivity index (χ2n) is 5.76. The number of aromatic carboxylic acids is 1. The fourth-order valence-corrected chi connectivity index (χ4v) is 3.27. The molecule has 0 aliphatic carbocycles. The molecule has 3 aromatic carbocycles. The average molecular weight is 400 g/mol. The molecule has 0 spiro atoms. The van der Waals surface area contributed by atoms with Gasteiger partial charge in [0.25, 0.3) is 0 Å². The molecule has 0 radical (unpaired) electrons. The van der Waals surface area contributed by atoms with Gasteiger partial charge in [-0.05, 0) is 53.1 Å². The second kappa shape index (κ2) is 7.25. The first kappa shape index (κ1) is 17.5. The molecule has 1 unspecified atom stereocenters. The Balaban J connectivity index is 2.12. The number of aryl methyl sites for hydroxylation is 1. The van der Waals surface area contributed by atoms with Gasteiger partial charge in [-0.25, -0.2) is 4.79 Å². The van der Waals surface area contributed by atoms with Crippen LogP contribution in [-0.4, -0.2) is 16.2 Å². The number of halogens is 1. The lowest BCUT2D eigenvalue weighted by molar-refractivity contribution is 0.0693. The lowest BCUT2D eigenvalue weighted by atomic mass is 9.92. The number of nitrogens with one attached hydrogen (secondary N) is 1. The van der Waals surface area contributed by atoms with Gasteiger partial charge in [0.15, 0.2) is 6.23 Å². The van der Waals surface area contributed by atoms with Crippen LogP contribution in [0.1, 0.15) is 34.6 Å². The smallest absolute Gasteiger partial charge is 0.336 e. The monoisotopic (exact) mass is 399 g/mol. The number of fused-ring (bicyclic) bond motifs is 1. The molecule has 128 valence electrons. The van der Waals surface area contributed by atoms with Crippen LogP contribution in [0.4, 0.5) is 5.69 Å². The Hall–Kier alpha value is -2.37. The van der Waals surface area contributed by atoms with E-state index in [2.05, 4.69) is 21.2 Å². The number of aliphatic hydroxyl groups excluding tert-OH is 1. The Morgan fingerprint density at radius 2 is 1.76 bits per heavy atom. The first-order valence-electron chi connectivity index (χ1n) is 7.99. The predicted octanol–water partition coefficient (Wildman–Crippen LogP) is 4.97. The molecule has 0 saturated heterocycles. The Morgan fingerprint density at radius 1 is 1.12 bits per heavy atom. The van der Waals surface area contributed by atoms with Gasteiger partial charge in [-0.1, -0.05) is 47.1 Å². The molecule has 1 atom stereocenters. The third-order valence-corrected chi connectivity index (χ3v) is 4.73.